The summed E-state index contributed by atoms with van der Waals surface area (Å²) in [6, 6.07) is 7.20. The van der Waals surface area contributed by atoms with Crippen molar-refractivity contribution < 1.29 is 9.53 Å². The van der Waals surface area contributed by atoms with E-state index in [4.69, 9.17) is 10.5 Å². The number of rotatable bonds is 7. The van der Waals surface area contributed by atoms with Crippen LogP contribution in [0.1, 0.15) is 5.56 Å². The van der Waals surface area contributed by atoms with Crippen LogP contribution in [0.25, 0.3) is 0 Å². The lowest BCUT2D eigenvalue weighted by atomic mass is 10.1. The molecule has 1 atom stereocenters. The maximum Gasteiger partial charge on any atom is 0.243 e. The van der Waals surface area contributed by atoms with E-state index in [0.29, 0.717) is 0 Å². The second-order valence-corrected chi connectivity index (χ2v) is 4.98. The van der Waals surface area contributed by atoms with Gasteiger partial charge in [0.2, 0.25) is 5.91 Å². The Kier molecular flexibility index (Phi) is 6.78. The molecule has 0 radical (unpaired) electrons. The molecule has 0 bridgehead atoms. The van der Waals surface area contributed by atoms with E-state index in [1.807, 2.05) is 36.0 Å². The molecule has 0 heterocycles. The van der Waals surface area contributed by atoms with Crippen molar-refractivity contribution in [3.05, 3.63) is 29.8 Å². The molecule has 0 fully saturated rings. The fourth-order valence-corrected chi connectivity index (χ4v) is 1.90. The molecule has 1 rings (SSSR count). The molecule has 0 aliphatic carbocycles. The summed E-state index contributed by atoms with van der Waals surface area (Å²) in [5.74, 6) is 0.874. The Morgan fingerprint density at radius 3 is 2.67 bits per heavy atom. The molecule has 18 heavy (non-hydrogen) atoms. The van der Waals surface area contributed by atoms with E-state index < -0.39 is 6.04 Å². The highest BCUT2D eigenvalue weighted by Crippen LogP contribution is 2.11. The van der Waals surface area contributed by atoms with Gasteiger partial charge in [0.25, 0.3) is 0 Å². The van der Waals surface area contributed by atoms with Crippen molar-refractivity contribution >= 4 is 23.4 Å². The summed E-state index contributed by atoms with van der Waals surface area (Å²) in [7, 11) is 1.52. The summed E-state index contributed by atoms with van der Waals surface area (Å²) in [6.45, 7) is 0.220. The van der Waals surface area contributed by atoms with E-state index in [9.17, 15) is 4.79 Å². The third kappa shape index (κ3) is 5.08. The van der Waals surface area contributed by atoms with Gasteiger partial charge in [-0.1, -0.05) is 12.1 Å². The zero-order valence-electron chi connectivity index (χ0n) is 10.8. The van der Waals surface area contributed by atoms with Gasteiger partial charge in [0.05, 0.1) is 6.61 Å². The van der Waals surface area contributed by atoms with Gasteiger partial charge in [-0.25, -0.2) is 0 Å². The first kappa shape index (κ1) is 15.0. The third-order valence-electron chi connectivity index (χ3n) is 2.50. The first-order valence-electron chi connectivity index (χ1n) is 5.80. The largest absolute Gasteiger partial charge is 0.383 e. The third-order valence-corrected chi connectivity index (χ3v) is 3.11. The Labute approximate surface area is 112 Å². The number of benzene rings is 1. The SMILES string of the molecule is COCC(N)C(=O)Nc1ccc(CCSC)cc1. The van der Waals surface area contributed by atoms with Crippen molar-refractivity contribution in [1.82, 2.24) is 0 Å². The molecule has 1 unspecified atom stereocenters. The first-order chi connectivity index (χ1) is 8.67. The van der Waals surface area contributed by atoms with Gasteiger partial charge >= 0.3 is 0 Å². The molecule has 0 saturated heterocycles. The predicted molar refractivity (Wildman–Crippen MR) is 77.0 cm³/mol. The van der Waals surface area contributed by atoms with Crippen LogP contribution >= 0.6 is 11.8 Å². The number of nitrogens with one attached hydrogen (secondary N) is 1. The highest BCUT2D eigenvalue weighted by Gasteiger charge is 2.12. The zero-order chi connectivity index (χ0) is 13.4. The molecule has 0 aromatic heterocycles. The maximum absolute atomic E-state index is 11.6. The summed E-state index contributed by atoms with van der Waals surface area (Å²) in [6.07, 6.45) is 3.13. The van der Waals surface area contributed by atoms with Gasteiger partial charge < -0.3 is 15.8 Å². The molecule has 0 spiro atoms. The molecule has 1 aromatic carbocycles. The van der Waals surface area contributed by atoms with Crippen molar-refractivity contribution in [2.45, 2.75) is 12.5 Å². The van der Waals surface area contributed by atoms with Crippen molar-refractivity contribution in [2.24, 2.45) is 5.73 Å². The molecule has 0 saturated carbocycles. The molecule has 0 aliphatic rings. The van der Waals surface area contributed by atoms with Crippen LogP contribution in [0.3, 0.4) is 0 Å². The van der Waals surface area contributed by atoms with Crippen molar-refractivity contribution in [3.63, 3.8) is 0 Å². The Hall–Kier alpha value is -1.04. The smallest absolute Gasteiger partial charge is 0.243 e. The number of amides is 1. The van der Waals surface area contributed by atoms with Crippen LogP contribution in [0.5, 0.6) is 0 Å². The second kappa shape index (κ2) is 8.13. The number of nitrogens with two attached hydrogens (primary N) is 1. The lowest BCUT2D eigenvalue weighted by Crippen LogP contribution is -2.39. The van der Waals surface area contributed by atoms with Gasteiger partial charge in [-0.05, 0) is 36.1 Å². The summed E-state index contributed by atoms with van der Waals surface area (Å²) in [5.41, 5.74) is 7.66. The molecule has 5 heteroatoms. The Morgan fingerprint density at radius 2 is 2.11 bits per heavy atom. The highest BCUT2D eigenvalue weighted by atomic mass is 32.2. The van der Waals surface area contributed by atoms with Gasteiger partial charge in [-0.2, -0.15) is 11.8 Å². The number of anilines is 1. The van der Waals surface area contributed by atoms with E-state index >= 15 is 0 Å². The number of carbonyl (C=O) groups excluding carboxylic acids is 1. The van der Waals surface area contributed by atoms with Crippen LogP contribution in [-0.4, -0.2) is 37.7 Å². The predicted octanol–water partition coefficient (Wildman–Crippen LogP) is 1.50. The van der Waals surface area contributed by atoms with Gasteiger partial charge in [0, 0.05) is 12.8 Å². The minimum absolute atomic E-state index is 0.220. The van der Waals surface area contributed by atoms with Crippen LogP contribution < -0.4 is 11.1 Å². The average Bonchev–Trinajstić information content (AvgIpc) is 2.38. The van der Waals surface area contributed by atoms with Gasteiger partial charge in [0.1, 0.15) is 6.04 Å². The molecule has 0 aliphatic heterocycles. The van der Waals surface area contributed by atoms with Crippen molar-refractivity contribution in [3.8, 4) is 0 Å². The summed E-state index contributed by atoms with van der Waals surface area (Å²) in [5, 5.41) is 2.76. The van der Waals surface area contributed by atoms with Gasteiger partial charge in [-0.15, -0.1) is 0 Å². The Balaban J connectivity index is 2.50. The molecule has 4 nitrogen and oxygen atoms in total. The van der Waals surface area contributed by atoms with Crippen LogP contribution in [0.4, 0.5) is 5.69 Å². The van der Waals surface area contributed by atoms with Crippen LogP contribution in [0.15, 0.2) is 24.3 Å². The maximum atomic E-state index is 11.6. The lowest BCUT2D eigenvalue weighted by Gasteiger charge is -2.11. The fourth-order valence-electron chi connectivity index (χ4n) is 1.46. The van der Waals surface area contributed by atoms with E-state index in [1.165, 1.54) is 12.7 Å². The zero-order valence-corrected chi connectivity index (χ0v) is 11.6. The highest BCUT2D eigenvalue weighted by molar-refractivity contribution is 7.98. The number of ether oxygens (including phenoxy) is 1. The van der Waals surface area contributed by atoms with E-state index in [-0.39, 0.29) is 12.5 Å². The Bertz CT molecular complexity index is 368. The number of hydrogen-bond donors (Lipinski definition) is 2. The van der Waals surface area contributed by atoms with E-state index in [1.54, 1.807) is 0 Å². The summed E-state index contributed by atoms with van der Waals surface area (Å²) < 4.78 is 4.84. The van der Waals surface area contributed by atoms with Crippen LogP contribution in [-0.2, 0) is 16.0 Å². The van der Waals surface area contributed by atoms with Crippen LogP contribution in [0.2, 0.25) is 0 Å². The first-order valence-corrected chi connectivity index (χ1v) is 7.20. The molecular weight excluding hydrogens is 248 g/mol. The van der Waals surface area contributed by atoms with Gasteiger partial charge in [0.15, 0.2) is 0 Å². The molecular formula is C13H20N2O2S. The fraction of sp³-hybridized carbons (Fsp3) is 0.462. The molecule has 100 valence electrons. The number of hydrogen-bond acceptors (Lipinski definition) is 4. The van der Waals surface area contributed by atoms with Crippen LogP contribution in [0, 0.1) is 0 Å². The minimum atomic E-state index is -0.633. The standard InChI is InChI=1S/C13H20N2O2S/c1-17-9-12(14)13(16)15-11-5-3-10(4-6-11)7-8-18-2/h3-6,12H,7-9,14H2,1-2H3,(H,15,16). The number of aryl methyl sites for hydroxylation is 1. The van der Waals surface area contributed by atoms with Crippen molar-refractivity contribution in [1.29, 1.82) is 0 Å². The average molecular weight is 268 g/mol. The summed E-state index contributed by atoms with van der Waals surface area (Å²) in [4.78, 5) is 11.6. The van der Waals surface area contributed by atoms with E-state index in [2.05, 4.69) is 11.6 Å². The Morgan fingerprint density at radius 1 is 1.44 bits per heavy atom. The molecule has 1 amide bonds. The normalized spacial score (nSPS) is 12.2. The summed E-state index contributed by atoms with van der Waals surface area (Å²) >= 11 is 1.82. The van der Waals surface area contributed by atoms with E-state index in [0.717, 1.165) is 17.9 Å². The topological polar surface area (TPSA) is 64.3 Å². The second-order valence-electron chi connectivity index (χ2n) is 3.99. The minimum Gasteiger partial charge on any atom is -0.383 e. The van der Waals surface area contributed by atoms with Crippen molar-refractivity contribution in [2.75, 3.05) is 31.0 Å². The monoisotopic (exact) mass is 268 g/mol. The quantitative estimate of drug-likeness (QED) is 0.786. The van der Waals surface area contributed by atoms with Gasteiger partial charge in [-0.3, -0.25) is 4.79 Å². The molecule has 1 aromatic rings. The number of carbonyl (C=O) groups is 1. The number of thioether (sulfide) groups is 1. The lowest BCUT2D eigenvalue weighted by molar-refractivity contribution is -0.118. The number of methoxy groups -OCH3 is 1. The molecule has 3 N–H and O–H groups in total.